The molecule has 5 rings (SSSR count). The lowest BCUT2D eigenvalue weighted by atomic mass is 9.94. The molecule has 1 heterocycles. The number of halogens is 4. The second kappa shape index (κ2) is 7.88. The first kappa shape index (κ1) is 21.5. The lowest BCUT2D eigenvalue weighted by Crippen LogP contribution is -2.27. The summed E-state index contributed by atoms with van der Waals surface area (Å²) in [5, 5.41) is 3.29. The molecule has 3 aromatic rings. The third-order valence-electron chi connectivity index (χ3n) is 5.73. The van der Waals surface area contributed by atoms with Gasteiger partial charge in [0.2, 0.25) is 12.7 Å². The van der Waals surface area contributed by atoms with E-state index in [-0.39, 0.29) is 25.4 Å². The van der Waals surface area contributed by atoms with E-state index in [1.165, 1.54) is 18.2 Å². The van der Waals surface area contributed by atoms with Crippen molar-refractivity contribution < 1.29 is 33.6 Å². The summed E-state index contributed by atoms with van der Waals surface area (Å²) in [5.41, 5.74) is 1.08. The summed E-state index contributed by atoms with van der Waals surface area (Å²) in [7, 11) is 0. The van der Waals surface area contributed by atoms with E-state index in [0.29, 0.717) is 40.6 Å². The van der Waals surface area contributed by atoms with Crippen molar-refractivity contribution in [2.24, 2.45) is 0 Å². The molecule has 33 heavy (non-hydrogen) atoms. The van der Waals surface area contributed by atoms with Crippen molar-refractivity contribution in [1.29, 1.82) is 0 Å². The van der Waals surface area contributed by atoms with E-state index >= 15 is 0 Å². The summed E-state index contributed by atoms with van der Waals surface area (Å²) in [6.07, 6.45) is -3.56. The van der Waals surface area contributed by atoms with Crippen LogP contribution in [0.1, 0.15) is 19.8 Å². The number of ether oxygens (including phenoxy) is 3. The van der Waals surface area contributed by atoms with Crippen molar-refractivity contribution in [3.63, 3.8) is 0 Å². The first-order valence-corrected chi connectivity index (χ1v) is 10.5. The van der Waals surface area contributed by atoms with Crippen LogP contribution in [0.4, 0.5) is 18.9 Å². The van der Waals surface area contributed by atoms with Crippen LogP contribution in [-0.4, -0.2) is 19.1 Å². The number of benzene rings is 3. The number of hydrogen-bond acceptors (Lipinski definition) is 4. The molecule has 5 nitrogen and oxygen atoms in total. The van der Waals surface area contributed by atoms with Gasteiger partial charge in [-0.25, -0.2) is 0 Å². The highest BCUT2D eigenvalue weighted by Crippen LogP contribution is 2.51. The lowest BCUT2D eigenvalue weighted by molar-refractivity contribution is -0.274. The lowest BCUT2D eigenvalue weighted by Gasteiger charge is -2.18. The molecule has 2 aliphatic rings. The Morgan fingerprint density at radius 3 is 2.42 bits per heavy atom. The molecule has 0 bridgehead atoms. The van der Waals surface area contributed by atoms with Crippen LogP contribution in [0.2, 0.25) is 5.02 Å². The van der Waals surface area contributed by atoms with Gasteiger partial charge in [0.15, 0.2) is 11.5 Å². The zero-order chi connectivity index (χ0) is 23.2. The van der Waals surface area contributed by atoms with Gasteiger partial charge >= 0.3 is 6.36 Å². The minimum atomic E-state index is -4.86. The summed E-state index contributed by atoms with van der Waals surface area (Å²) in [6, 6.07) is 15.7. The molecule has 1 amide bonds. The normalized spacial score (nSPS) is 15.8. The van der Waals surface area contributed by atoms with Crippen molar-refractivity contribution in [2.75, 3.05) is 12.1 Å². The maximum Gasteiger partial charge on any atom is 0.573 e. The number of anilines is 1. The van der Waals surface area contributed by atoms with Crippen LogP contribution in [0.5, 0.6) is 17.2 Å². The van der Waals surface area contributed by atoms with E-state index in [0.717, 1.165) is 5.56 Å². The minimum absolute atomic E-state index is 0. The molecule has 0 radical (unpaired) electrons. The van der Waals surface area contributed by atoms with Gasteiger partial charge in [-0.05, 0) is 66.4 Å². The first-order valence-electron chi connectivity index (χ1n) is 10.1. The molecule has 1 aliphatic heterocycles. The fraction of sp³-hybridized carbons (Fsp3) is 0.208. The Kier molecular flexibility index (Phi) is 5.12. The largest absolute Gasteiger partial charge is 0.573 e. The van der Waals surface area contributed by atoms with E-state index < -0.39 is 11.8 Å². The molecule has 0 aromatic heterocycles. The van der Waals surface area contributed by atoms with Gasteiger partial charge < -0.3 is 19.5 Å². The molecule has 172 valence electrons. The molecule has 0 atom stereocenters. The van der Waals surface area contributed by atoms with E-state index in [4.69, 9.17) is 21.1 Å². The Morgan fingerprint density at radius 1 is 1.00 bits per heavy atom. The Hall–Kier alpha value is -3.39. The molecule has 1 saturated carbocycles. The number of alkyl halides is 3. The number of carbonyl (C=O) groups is 1. The van der Waals surface area contributed by atoms with Crippen molar-refractivity contribution in [2.45, 2.75) is 24.6 Å². The van der Waals surface area contributed by atoms with Crippen LogP contribution in [0.3, 0.4) is 0 Å². The molecular weight excluding hydrogens is 459 g/mol. The fourth-order valence-corrected chi connectivity index (χ4v) is 4.02. The number of carbonyl (C=O) groups excluding carboxylic acids is 1. The summed E-state index contributed by atoms with van der Waals surface area (Å²) in [5.74, 6) is 0.598. The standard InChI is InChI=1S/C24H17ClF3NO4.H2/c25-16-4-1-14(2-5-16)18-12-17(6-8-19(18)33-24(26,27)28)29-22(30)23(9-10-23)15-3-7-20-21(11-15)32-13-31-20;/h1-8,11-12H,9-10,13H2,(H,29,30);1H. The molecule has 0 unspecified atom stereocenters. The molecule has 0 spiro atoms. The number of nitrogens with one attached hydrogen (secondary N) is 1. The SMILES string of the molecule is O=C(Nc1ccc(OC(F)(F)F)c(-c2ccc(Cl)cc2)c1)C1(c2ccc3c(c2)OCO3)CC1.[HH]. The molecule has 0 saturated heterocycles. The molecule has 9 heteroatoms. The van der Waals surface area contributed by atoms with Gasteiger partial charge in [-0.15, -0.1) is 13.2 Å². The minimum Gasteiger partial charge on any atom is -0.454 e. The van der Waals surface area contributed by atoms with Crippen LogP contribution in [0.15, 0.2) is 60.7 Å². The highest BCUT2D eigenvalue weighted by molar-refractivity contribution is 6.30. The van der Waals surface area contributed by atoms with Crippen molar-refractivity contribution in [1.82, 2.24) is 0 Å². The summed E-state index contributed by atoms with van der Waals surface area (Å²) in [4.78, 5) is 13.2. The van der Waals surface area contributed by atoms with Gasteiger partial charge in [0.25, 0.3) is 0 Å². The maximum atomic E-state index is 13.2. The fourth-order valence-electron chi connectivity index (χ4n) is 3.89. The predicted molar refractivity (Wildman–Crippen MR) is 118 cm³/mol. The maximum absolute atomic E-state index is 13.2. The van der Waals surface area contributed by atoms with Crippen LogP contribution in [-0.2, 0) is 10.2 Å². The van der Waals surface area contributed by atoms with Crippen LogP contribution >= 0.6 is 11.6 Å². The quantitative estimate of drug-likeness (QED) is 0.452. The Labute approximate surface area is 193 Å². The Balaban J connectivity index is 0.00000274. The van der Waals surface area contributed by atoms with Crippen LogP contribution in [0, 0.1) is 0 Å². The topological polar surface area (TPSA) is 56.8 Å². The summed E-state index contributed by atoms with van der Waals surface area (Å²) >= 11 is 5.91. The molecule has 1 aliphatic carbocycles. The van der Waals surface area contributed by atoms with Crippen molar-refractivity contribution in [3.8, 4) is 28.4 Å². The van der Waals surface area contributed by atoms with E-state index in [9.17, 15) is 18.0 Å². The Morgan fingerprint density at radius 2 is 1.73 bits per heavy atom. The van der Waals surface area contributed by atoms with E-state index in [1.807, 2.05) is 6.07 Å². The molecule has 1 N–H and O–H groups in total. The van der Waals surface area contributed by atoms with Gasteiger partial charge in [0.05, 0.1) is 5.41 Å². The third kappa shape index (κ3) is 4.30. The van der Waals surface area contributed by atoms with Crippen LogP contribution in [0.25, 0.3) is 11.1 Å². The number of fused-ring (bicyclic) bond motifs is 1. The monoisotopic (exact) mass is 477 g/mol. The Bertz CT molecular complexity index is 1230. The smallest absolute Gasteiger partial charge is 0.454 e. The average Bonchev–Trinajstić information content (AvgIpc) is 3.45. The molecular formula is C24H19ClF3NO4. The highest BCUT2D eigenvalue weighted by atomic mass is 35.5. The number of rotatable bonds is 5. The predicted octanol–water partition coefficient (Wildman–Crippen LogP) is 6.55. The van der Waals surface area contributed by atoms with Gasteiger partial charge in [-0.3, -0.25) is 4.79 Å². The van der Waals surface area contributed by atoms with Gasteiger partial charge in [0, 0.05) is 17.7 Å². The third-order valence-corrected chi connectivity index (χ3v) is 5.98. The van der Waals surface area contributed by atoms with E-state index in [2.05, 4.69) is 10.1 Å². The molecule has 1 fully saturated rings. The van der Waals surface area contributed by atoms with E-state index in [1.54, 1.807) is 36.4 Å². The van der Waals surface area contributed by atoms with Gasteiger partial charge in [0.1, 0.15) is 5.75 Å². The van der Waals surface area contributed by atoms with Crippen LogP contribution < -0.4 is 19.5 Å². The van der Waals surface area contributed by atoms with Gasteiger partial charge in [-0.2, -0.15) is 0 Å². The number of amides is 1. The van der Waals surface area contributed by atoms with Gasteiger partial charge in [-0.1, -0.05) is 29.8 Å². The second-order valence-corrected chi connectivity index (χ2v) is 8.31. The first-order chi connectivity index (χ1) is 15.7. The number of hydrogen-bond donors (Lipinski definition) is 1. The second-order valence-electron chi connectivity index (χ2n) is 7.87. The van der Waals surface area contributed by atoms with Crippen molar-refractivity contribution in [3.05, 3.63) is 71.2 Å². The zero-order valence-corrected chi connectivity index (χ0v) is 17.8. The summed E-state index contributed by atoms with van der Waals surface area (Å²) in [6.45, 7) is 0.137. The zero-order valence-electron chi connectivity index (χ0n) is 17.0. The average molecular weight is 478 g/mol. The summed E-state index contributed by atoms with van der Waals surface area (Å²) < 4.78 is 53.7. The van der Waals surface area contributed by atoms with Crippen molar-refractivity contribution >= 4 is 23.2 Å². The molecule has 3 aromatic carbocycles. The highest BCUT2D eigenvalue weighted by Gasteiger charge is 2.51.